The van der Waals surface area contributed by atoms with E-state index in [2.05, 4.69) is 0 Å². The van der Waals surface area contributed by atoms with Crippen molar-refractivity contribution in [2.24, 2.45) is 0 Å². The van der Waals surface area contributed by atoms with Crippen LogP contribution >= 0.6 is 11.6 Å². The summed E-state index contributed by atoms with van der Waals surface area (Å²) in [6.45, 7) is 0.256. The molecule has 1 amide bonds. The Hall–Kier alpha value is -3.84. The van der Waals surface area contributed by atoms with Crippen molar-refractivity contribution in [2.75, 3.05) is 21.2 Å². The molecule has 0 saturated heterocycles. The Labute approximate surface area is 195 Å². The lowest BCUT2D eigenvalue weighted by atomic mass is 10.1. The zero-order chi connectivity index (χ0) is 23.7. The molecule has 0 saturated carbocycles. The average Bonchev–Trinajstić information content (AvgIpc) is 3.08. The number of aromatic nitrogens is 2. The summed E-state index contributed by atoms with van der Waals surface area (Å²) >= 11 is 6.25. The van der Waals surface area contributed by atoms with Crippen molar-refractivity contribution in [3.63, 3.8) is 0 Å². The molecule has 4 rings (SSSR count). The van der Waals surface area contributed by atoms with Crippen LogP contribution in [0, 0.1) is 0 Å². The lowest BCUT2D eigenvalue weighted by Gasteiger charge is -2.11. The number of nitrogens with zero attached hydrogens (tertiary/aromatic N) is 3. The zero-order valence-electron chi connectivity index (χ0n) is 18.4. The standard InChI is InChI=1S/C25H22ClN3O4/c1-27(2)23(30)17-7-10-20(11-8-17)29-22-14-19(26)9-12-21(22)28(25(29)32)15-16-5-4-6-18(13-16)24(31)33-3/h4-14H,15H2,1-3H3. The molecule has 4 aromatic rings. The van der Waals surface area contributed by atoms with Gasteiger partial charge in [-0.1, -0.05) is 23.7 Å². The van der Waals surface area contributed by atoms with E-state index in [1.54, 1.807) is 83.9 Å². The number of benzene rings is 3. The van der Waals surface area contributed by atoms with E-state index in [0.29, 0.717) is 32.9 Å². The monoisotopic (exact) mass is 463 g/mol. The normalized spacial score (nSPS) is 10.9. The predicted octanol–water partition coefficient (Wildman–Crippen LogP) is 3.98. The minimum absolute atomic E-state index is 0.121. The highest BCUT2D eigenvalue weighted by atomic mass is 35.5. The molecule has 0 unspecified atom stereocenters. The van der Waals surface area contributed by atoms with Crippen molar-refractivity contribution in [1.29, 1.82) is 0 Å². The number of carbonyl (C=O) groups is 2. The lowest BCUT2D eigenvalue weighted by molar-refractivity contribution is 0.0600. The zero-order valence-corrected chi connectivity index (χ0v) is 19.2. The molecule has 0 spiro atoms. The molecule has 3 aromatic carbocycles. The maximum Gasteiger partial charge on any atom is 0.337 e. The molecule has 0 bridgehead atoms. The number of methoxy groups -OCH3 is 1. The van der Waals surface area contributed by atoms with Gasteiger partial charge in [-0.05, 0) is 60.2 Å². The highest BCUT2D eigenvalue weighted by Crippen LogP contribution is 2.23. The van der Waals surface area contributed by atoms with Gasteiger partial charge in [0.15, 0.2) is 0 Å². The fourth-order valence-electron chi connectivity index (χ4n) is 3.74. The number of carbonyl (C=O) groups excluding carboxylic acids is 2. The van der Waals surface area contributed by atoms with Gasteiger partial charge in [0.05, 0.1) is 35.9 Å². The van der Waals surface area contributed by atoms with Crippen molar-refractivity contribution < 1.29 is 14.3 Å². The highest BCUT2D eigenvalue weighted by Gasteiger charge is 2.17. The van der Waals surface area contributed by atoms with E-state index in [0.717, 1.165) is 5.56 Å². The van der Waals surface area contributed by atoms with Crippen molar-refractivity contribution >= 4 is 34.5 Å². The topological polar surface area (TPSA) is 73.5 Å². The van der Waals surface area contributed by atoms with E-state index < -0.39 is 5.97 Å². The summed E-state index contributed by atoms with van der Waals surface area (Å²) < 4.78 is 7.99. The summed E-state index contributed by atoms with van der Waals surface area (Å²) in [4.78, 5) is 39.1. The van der Waals surface area contributed by atoms with E-state index in [4.69, 9.17) is 16.3 Å². The smallest absolute Gasteiger partial charge is 0.337 e. The molecule has 0 aliphatic rings. The van der Waals surface area contributed by atoms with Crippen molar-refractivity contribution in [1.82, 2.24) is 14.0 Å². The first-order valence-electron chi connectivity index (χ1n) is 10.2. The van der Waals surface area contributed by atoms with Crippen LogP contribution in [-0.2, 0) is 11.3 Å². The average molecular weight is 464 g/mol. The Morgan fingerprint density at radius 2 is 1.67 bits per heavy atom. The lowest BCUT2D eigenvalue weighted by Crippen LogP contribution is -2.24. The number of amides is 1. The Kier molecular flexibility index (Phi) is 6.07. The summed E-state index contributed by atoms with van der Waals surface area (Å²) in [5.74, 6) is -0.560. The van der Waals surface area contributed by atoms with Crippen molar-refractivity contribution in [2.45, 2.75) is 6.54 Å². The van der Waals surface area contributed by atoms with Gasteiger partial charge < -0.3 is 9.64 Å². The van der Waals surface area contributed by atoms with E-state index in [-0.39, 0.29) is 18.1 Å². The molecule has 33 heavy (non-hydrogen) atoms. The minimum Gasteiger partial charge on any atom is -0.465 e. The number of hydrogen-bond acceptors (Lipinski definition) is 4. The number of fused-ring (bicyclic) bond motifs is 1. The first-order valence-corrected chi connectivity index (χ1v) is 10.6. The van der Waals surface area contributed by atoms with E-state index >= 15 is 0 Å². The van der Waals surface area contributed by atoms with Crippen LogP contribution in [0.4, 0.5) is 0 Å². The number of ether oxygens (including phenoxy) is 1. The molecule has 1 heterocycles. The third kappa shape index (κ3) is 4.27. The summed E-state index contributed by atoms with van der Waals surface area (Å²) in [6, 6.07) is 19.1. The van der Waals surface area contributed by atoms with Crippen molar-refractivity contribution in [3.8, 4) is 5.69 Å². The molecule has 0 aliphatic carbocycles. The fourth-order valence-corrected chi connectivity index (χ4v) is 3.91. The molecule has 0 radical (unpaired) electrons. The molecule has 0 aliphatic heterocycles. The second-order valence-corrected chi connectivity index (χ2v) is 8.21. The van der Waals surface area contributed by atoms with Gasteiger partial charge in [0.1, 0.15) is 0 Å². The van der Waals surface area contributed by atoms with Crippen LogP contribution in [0.3, 0.4) is 0 Å². The number of imidazole rings is 1. The van der Waals surface area contributed by atoms with Crippen molar-refractivity contribution in [3.05, 3.63) is 98.9 Å². The number of hydrogen-bond donors (Lipinski definition) is 0. The molecular formula is C25H22ClN3O4. The Morgan fingerprint density at radius 3 is 2.33 bits per heavy atom. The third-order valence-corrected chi connectivity index (χ3v) is 5.59. The molecule has 8 heteroatoms. The number of halogens is 1. The number of esters is 1. The molecule has 168 valence electrons. The molecule has 0 atom stereocenters. The largest absolute Gasteiger partial charge is 0.465 e. The maximum atomic E-state index is 13.5. The molecule has 7 nitrogen and oxygen atoms in total. The second-order valence-electron chi connectivity index (χ2n) is 7.78. The highest BCUT2D eigenvalue weighted by molar-refractivity contribution is 6.31. The van der Waals surface area contributed by atoms with E-state index in [9.17, 15) is 14.4 Å². The van der Waals surface area contributed by atoms with Crippen LogP contribution in [0.25, 0.3) is 16.7 Å². The summed E-state index contributed by atoms with van der Waals surface area (Å²) in [5.41, 5.74) is 3.41. The van der Waals surface area contributed by atoms with Crippen LogP contribution in [0.15, 0.2) is 71.5 Å². The first kappa shape index (κ1) is 22.4. The Morgan fingerprint density at radius 1 is 0.939 bits per heavy atom. The van der Waals surface area contributed by atoms with E-state index in [1.165, 1.54) is 12.0 Å². The van der Waals surface area contributed by atoms with Gasteiger partial charge in [-0.25, -0.2) is 9.59 Å². The fraction of sp³-hybridized carbons (Fsp3) is 0.160. The van der Waals surface area contributed by atoms with Gasteiger partial charge >= 0.3 is 11.7 Å². The van der Waals surface area contributed by atoms with Gasteiger partial charge in [0.25, 0.3) is 5.91 Å². The van der Waals surface area contributed by atoms with Crippen LogP contribution in [0.2, 0.25) is 5.02 Å². The van der Waals surface area contributed by atoms with Gasteiger partial charge in [-0.2, -0.15) is 0 Å². The second kappa shape index (κ2) is 8.96. The summed E-state index contributed by atoms with van der Waals surface area (Å²) in [7, 11) is 4.70. The third-order valence-electron chi connectivity index (χ3n) is 5.36. The maximum absolute atomic E-state index is 13.5. The summed E-state index contributed by atoms with van der Waals surface area (Å²) in [5, 5.41) is 0.500. The van der Waals surface area contributed by atoms with Gasteiger partial charge in [-0.15, -0.1) is 0 Å². The van der Waals surface area contributed by atoms with Crippen LogP contribution in [-0.4, -0.2) is 47.1 Å². The Balaban J connectivity index is 1.82. The molecule has 1 aromatic heterocycles. The number of rotatable bonds is 5. The predicted molar refractivity (Wildman–Crippen MR) is 127 cm³/mol. The minimum atomic E-state index is -0.439. The Bertz CT molecular complexity index is 1420. The van der Waals surface area contributed by atoms with Gasteiger partial charge in [-0.3, -0.25) is 13.9 Å². The quantitative estimate of drug-likeness (QED) is 0.419. The first-order chi connectivity index (χ1) is 15.8. The molecular weight excluding hydrogens is 442 g/mol. The van der Waals surface area contributed by atoms with Crippen LogP contribution < -0.4 is 5.69 Å². The van der Waals surface area contributed by atoms with Crippen LogP contribution in [0.5, 0.6) is 0 Å². The van der Waals surface area contributed by atoms with E-state index in [1.807, 2.05) is 6.07 Å². The SMILES string of the molecule is COC(=O)c1cccc(Cn2c(=O)n(-c3ccc(C(=O)N(C)C)cc3)c3cc(Cl)ccc32)c1. The molecule has 0 fully saturated rings. The molecule has 0 N–H and O–H groups in total. The summed E-state index contributed by atoms with van der Waals surface area (Å²) in [6.07, 6.45) is 0. The van der Waals surface area contributed by atoms with Crippen LogP contribution in [0.1, 0.15) is 26.3 Å². The van der Waals surface area contributed by atoms with Gasteiger partial charge in [0.2, 0.25) is 0 Å². The van der Waals surface area contributed by atoms with Gasteiger partial charge in [0, 0.05) is 24.7 Å².